The van der Waals surface area contributed by atoms with Crippen molar-refractivity contribution in [1.29, 1.82) is 0 Å². The molecule has 0 atom stereocenters. The van der Waals surface area contributed by atoms with Crippen LogP contribution in [0.2, 0.25) is 0 Å². The van der Waals surface area contributed by atoms with Crippen LogP contribution in [0, 0.1) is 6.92 Å². The predicted molar refractivity (Wildman–Crippen MR) is 117 cm³/mol. The van der Waals surface area contributed by atoms with Crippen molar-refractivity contribution in [3.8, 4) is 0 Å². The number of rotatable bonds is 5. The minimum atomic E-state index is -0.232. The highest BCUT2D eigenvalue weighted by Gasteiger charge is 2.29. The molecule has 0 unspecified atom stereocenters. The van der Waals surface area contributed by atoms with Gasteiger partial charge in [-0.25, -0.2) is 5.43 Å². The molecule has 154 valence electrons. The smallest absolute Gasteiger partial charge is 0.289 e. The van der Waals surface area contributed by atoms with Gasteiger partial charge >= 0.3 is 0 Å². The number of furan rings is 1. The van der Waals surface area contributed by atoms with E-state index in [9.17, 15) is 9.59 Å². The number of aryl methyl sites for hydroxylation is 1. The third-order valence-electron chi connectivity index (χ3n) is 5.17. The molecule has 1 N–H and O–H groups in total. The highest BCUT2D eigenvalue weighted by Crippen LogP contribution is 2.30. The minimum Gasteiger partial charge on any atom is -0.455 e. The van der Waals surface area contributed by atoms with Crippen molar-refractivity contribution in [2.24, 2.45) is 5.10 Å². The fourth-order valence-electron chi connectivity index (χ4n) is 3.67. The molecule has 7 heteroatoms. The maximum absolute atomic E-state index is 13.0. The predicted octanol–water partition coefficient (Wildman–Crippen LogP) is 4.39. The van der Waals surface area contributed by atoms with E-state index in [0.29, 0.717) is 17.2 Å². The number of fused-ring (bicyclic) bond motifs is 1. The van der Waals surface area contributed by atoms with Crippen molar-refractivity contribution >= 4 is 28.9 Å². The molecule has 1 aliphatic carbocycles. The summed E-state index contributed by atoms with van der Waals surface area (Å²) in [7, 11) is 1.77. The van der Waals surface area contributed by atoms with Crippen LogP contribution < -0.4 is 5.43 Å². The summed E-state index contributed by atoms with van der Waals surface area (Å²) in [5.41, 5.74) is 6.08. The van der Waals surface area contributed by atoms with Crippen molar-refractivity contribution in [2.75, 3.05) is 7.05 Å². The molecule has 0 aliphatic heterocycles. The van der Waals surface area contributed by atoms with Crippen molar-refractivity contribution in [3.63, 3.8) is 0 Å². The summed E-state index contributed by atoms with van der Waals surface area (Å²) in [4.78, 5) is 27.5. The van der Waals surface area contributed by atoms with Gasteiger partial charge in [-0.05, 0) is 36.8 Å². The molecular formula is C23H23N3O3S. The Kier molecular flexibility index (Phi) is 5.81. The molecule has 0 saturated heterocycles. The van der Waals surface area contributed by atoms with Crippen LogP contribution in [0.15, 0.2) is 57.4 Å². The molecule has 1 aromatic carbocycles. The van der Waals surface area contributed by atoms with Gasteiger partial charge < -0.3 is 9.32 Å². The zero-order valence-corrected chi connectivity index (χ0v) is 17.8. The van der Waals surface area contributed by atoms with Gasteiger partial charge in [-0.15, -0.1) is 11.3 Å². The Morgan fingerprint density at radius 2 is 1.97 bits per heavy atom. The number of hydrogen-bond donors (Lipinski definition) is 1. The van der Waals surface area contributed by atoms with Crippen LogP contribution in [0.3, 0.4) is 0 Å². The lowest BCUT2D eigenvalue weighted by atomic mass is 9.93. The van der Waals surface area contributed by atoms with Crippen LogP contribution in [0.1, 0.15) is 55.5 Å². The Bertz CT molecular complexity index is 1080. The van der Waals surface area contributed by atoms with Crippen LogP contribution in [0.25, 0.3) is 0 Å². The summed E-state index contributed by atoms with van der Waals surface area (Å²) < 4.78 is 5.98. The highest BCUT2D eigenvalue weighted by molar-refractivity contribution is 7.12. The first-order valence-electron chi connectivity index (χ1n) is 9.87. The lowest BCUT2D eigenvalue weighted by Crippen LogP contribution is -2.26. The molecule has 0 radical (unpaired) electrons. The van der Waals surface area contributed by atoms with Gasteiger partial charge in [-0.1, -0.05) is 36.4 Å². The number of hydrazone groups is 1. The molecular weight excluding hydrogens is 398 g/mol. The Morgan fingerprint density at radius 1 is 1.17 bits per heavy atom. The number of nitrogens with one attached hydrogen (secondary N) is 1. The number of carbonyl (C=O) groups is 2. The van der Waals surface area contributed by atoms with Gasteiger partial charge in [-0.3, -0.25) is 9.59 Å². The summed E-state index contributed by atoms with van der Waals surface area (Å²) in [6.07, 6.45) is 2.34. The van der Waals surface area contributed by atoms with Crippen LogP contribution in [-0.4, -0.2) is 29.5 Å². The molecule has 1 aliphatic rings. The second kappa shape index (κ2) is 8.67. The first-order valence-corrected chi connectivity index (χ1v) is 10.7. The number of benzene rings is 1. The SMILES string of the molecule is Cc1c(C(=O)N(C)Cc2ccccc2)oc2c1/C(=N/NC(=O)c1cccs1)CCC2. The van der Waals surface area contributed by atoms with Gasteiger partial charge in [0.05, 0.1) is 10.6 Å². The average Bonchev–Trinajstić information content (AvgIpc) is 3.41. The van der Waals surface area contributed by atoms with E-state index in [0.717, 1.165) is 47.4 Å². The average molecular weight is 422 g/mol. The largest absolute Gasteiger partial charge is 0.455 e. The van der Waals surface area contributed by atoms with E-state index in [-0.39, 0.29) is 11.8 Å². The number of nitrogens with zero attached hydrogens (tertiary/aromatic N) is 2. The van der Waals surface area contributed by atoms with Crippen LogP contribution in [-0.2, 0) is 13.0 Å². The zero-order chi connectivity index (χ0) is 21.1. The maximum atomic E-state index is 13.0. The highest BCUT2D eigenvalue weighted by atomic mass is 32.1. The number of hydrogen-bond acceptors (Lipinski definition) is 5. The summed E-state index contributed by atoms with van der Waals surface area (Å²) in [6, 6.07) is 13.4. The quantitative estimate of drug-likeness (QED) is 0.621. The molecule has 0 spiro atoms. The van der Waals surface area contributed by atoms with Crippen LogP contribution >= 0.6 is 11.3 Å². The molecule has 0 fully saturated rings. The second-order valence-corrected chi connectivity index (χ2v) is 8.28. The Labute approximate surface area is 179 Å². The number of carbonyl (C=O) groups excluding carboxylic acids is 2. The van der Waals surface area contributed by atoms with E-state index in [1.807, 2.05) is 48.7 Å². The summed E-state index contributed by atoms with van der Waals surface area (Å²) >= 11 is 1.37. The summed E-state index contributed by atoms with van der Waals surface area (Å²) in [5.74, 6) is 0.717. The number of thiophene rings is 1. The lowest BCUT2D eigenvalue weighted by molar-refractivity contribution is 0.0750. The third-order valence-corrected chi connectivity index (χ3v) is 6.04. The normalized spacial score (nSPS) is 14.4. The van der Waals surface area contributed by atoms with Gasteiger partial charge in [0.2, 0.25) is 0 Å². The topological polar surface area (TPSA) is 74.9 Å². The molecule has 0 saturated carbocycles. The molecule has 2 amide bonds. The Hall–Kier alpha value is -3.19. The molecule has 4 rings (SSSR count). The van der Waals surface area contributed by atoms with Gasteiger partial charge in [0.1, 0.15) is 5.76 Å². The fraction of sp³-hybridized carbons (Fsp3) is 0.261. The summed E-state index contributed by atoms with van der Waals surface area (Å²) in [6.45, 7) is 2.39. The molecule has 0 bridgehead atoms. The van der Waals surface area contributed by atoms with Crippen molar-refractivity contribution < 1.29 is 14.0 Å². The first-order chi connectivity index (χ1) is 14.5. The molecule has 2 aromatic heterocycles. The molecule has 6 nitrogen and oxygen atoms in total. The van der Waals surface area contributed by atoms with E-state index in [4.69, 9.17) is 4.42 Å². The van der Waals surface area contributed by atoms with Gasteiger partial charge in [0, 0.05) is 31.1 Å². The minimum absolute atomic E-state index is 0.160. The van der Waals surface area contributed by atoms with Crippen molar-refractivity contribution in [2.45, 2.75) is 32.7 Å². The molecule has 3 aromatic rings. The zero-order valence-electron chi connectivity index (χ0n) is 17.0. The van der Waals surface area contributed by atoms with Crippen molar-refractivity contribution in [1.82, 2.24) is 10.3 Å². The Balaban J connectivity index is 1.55. The first kappa shape index (κ1) is 20.1. The van der Waals surface area contributed by atoms with E-state index < -0.39 is 0 Å². The molecule has 30 heavy (non-hydrogen) atoms. The maximum Gasteiger partial charge on any atom is 0.289 e. The lowest BCUT2D eigenvalue weighted by Gasteiger charge is -2.16. The van der Waals surface area contributed by atoms with Crippen LogP contribution in [0.5, 0.6) is 0 Å². The van der Waals surface area contributed by atoms with Crippen molar-refractivity contribution in [3.05, 3.63) is 80.9 Å². The van der Waals surface area contributed by atoms with E-state index in [1.54, 1.807) is 18.0 Å². The second-order valence-electron chi connectivity index (χ2n) is 7.33. The standard InChI is InChI=1S/C23H23N3O3S/c1-15-20-17(24-25-22(27)19-12-7-13-30-19)10-6-11-18(20)29-21(15)23(28)26(2)14-16-8-4-3-5-9-16/h3-5,7-9,12-13H,6,10-11,14H2,1-2H3,(H,25,27)/b24-17+. The van der Waals surface area contributed by atoms with Gasteiger partial charge in [-0.2, -0.15) is 5.10 Å². The fourth-order valence-corrected chi connectivity index (χ4v) is 4.28. The monoisotopic (exact) mass is 421 g/mol. The summed E-state index contributed by atoms with van der Waals surface area (Å²) in [5, 5.41) is 6.22. The molecule has 2 heterocycles. The number of amides is 2. The third kappa shape index (κ3) is 4.07. The van der Waals surface area contributed by atoms with E-state index >= 15 is 0 Å². The van der Waals surface area contributed by atoms with E-state index in [1.165, 1.54) is 11.3 Å². The van der Waals surface area contributed by atoms with Gasteiger partial charge in [0.25, 0.3) is 11.8 Å². The van der Waals surface area contributed by atoms with Crippen LogP contribution in [0.4, 0.5) is 0 Å². The van der Waals surface area contributed by atoms with Gasteiger partial charge in [0.15, 0.2) is 5.76 Å². The Morgan fingerprint density at radius 3 is 2.70 bits per heavy atom. The van der Waals surface area contributed by atoms with E-state index in [2.05, 4.69) is 10.5 Å².